The van der Waals surface area contributed by atoms with E-state index in [1.165, 1.54) is 6.20 Å². The van der Waals surface area contributed by atoms with E-state index in [1.807, 2.05) is 0 Å². The van der Waals surface area contributed by atoms with Gasteiger partial charge in [0.05, 0.1) is 11.1 Å². The van der Waals surface area contributed by atoms with Crippen molar-refractivity contribution in [3.05, 3.63) is 23.2 Å². The molecule has 0 aromatic carbocycles. The molecule has 0 aliphatic carbocycles. The third-order valence-electron chi connectivity index (χ3n) is 2.03. The largest absolute Gasteiger partial charge is 0.417 e. The fourth-order valence-corrected chi connectivity index (χ4v) is 2.16. The van der Waals surface area contributed by atoms with Crippen LogP contribution in [-0.2, 0) is 6.18 Å². The standard InChI is InChI=1S/C9H7F3N4S/c10-9(11,12)4-1-6(17-3-4)5-2-15-8(14)16-7(5)13/h1-3H,(H4,13,14,15,16). The second kappa shape index (κ2) is 3.88. The quantitative estimate of drug-likeness (QED) is 0.825. The van der Waals surface area contributed by atoms with Crippen LogP contribution in [0.5, 0.6) is 0 Å². The second-order valence-corrected chi connectivity index (χ2v) is 4.14. The van der Waals surface area contributed by atoms with E-state index >= 15 is 0 Å². The number of rotatable bonds is 1. The molecule has 0 fully saturated rings. The molecule has 0 spiro atoms. The van der Waals surface area contributed by atoms with Crippen molar-refractivity contribution in [3.8, 4) is 10.4 Å². The maximum atomic E-state index is 12.4. The number of aromatic nitrogens is 2. The number of nitrogen functional groups attached to an aromatic ring is 2. The zero-order valence-electron chi connectivity index (χ0n) is 8.32. The summed E-state index contributed by atoms with van der Waals surface area (Å²) in [6, 6.07) is 1.01. The average Bonchev–Trinajstić information content (AvgIpc) is 2.65. The van der Waals surface area contributed by atoms with E-state index in [4.69, 9.17) is 11.5 Å². The molecule has 2 heterocycles. The molecule has 4 N–H and O–H groups in total. The van der Waals surface area contributed by atoms with Gasteiger partial charge in [0.15, 0.2) is 0 Å². The third kappa shape index (κ3) is 2.31. The first-order valence-electron chi connectivity index (χ1n) is 4.42. The Kier molecular flexibility index (Phi) is 2.66. The van der Waals surface area contributed by atoms with Gasteiger partial charge in [-0.1, -0.05) is 0 Å². The molecule has 0 aliphatic rings. The van der Waals surface area contributed by atoms with Crippen molar-refractivity contribution in [1.82, 2.24) is 9.97 Å². The van der Waals surface area contributed by atoms with Gasteiger partial charge >= 0.3 is 6.18 Å². The minimum Gasteiger partial charge on any atom is -0.383 e. The molecule has 0 amide bonds. The molecule has 0 unspecified atom stereocenters. The molecule has 0 bridgehead atoms. The molecule has 0 aliphatic heterocycles. The summed E-state index contributed by atoms with van der Waals surface area (Å²) in [4.78, 5) is 7.75. The predicted molar refractivity (Wildman–Crippen MR) is 59.2 cm³/mol. The van der Waals surface area contributed by atoms with Gasteiger partial charge in [0, 0.05) is 16.5 Å². The normalized spacial score (nSPS) is 11.7. The number of anilines is 2. The number of hydrogen-bond acceptors (Lipinski definition) is 5. The smallest absolute Gasteiger partial charge is 0.383 e. The van der Waals surface area contributed by atoms with Crippen LogP contribution >= 0.6 is 11.3 Å². The van der Waals surface area contributed by atoms with Crippen LogP contribution in [0.3, 0.4) is 0 Å². The zero-order valence-corrected chi connectivity index (χ0v) is 9.14. The van der Waals surface area contributed by atoms with Crippen LogP contribution in [-0.4, -0.2) is 9.97 Å². The van der Waals surface area contributed by atoms with Gasteiger partial charge in [0.1, 0.15) is 5.82 Å². The van der Waals surface area contributed by atoms with Crippen molar-refractivity contribution in [2.45, 2.75) is 6.18 Å². The van der Waals surface area contributed by atoms with E-state index in [-0.39, 0.29) is 11.8 Å². The Morgan fingerprint density at radius 3 is 2.47 bits per heavy atom. The summed E-state index contributed by atoms with van der Waals surface area (Å²) in [6.45, 7) is 0. The summed E-state index contributed by atoms with van der Waals surface area (Å²) < 4.78 is 37.2. The second-order valence-electron chi connectivity index (χ2n) is 3.22. The molecule has 2 aromatic rings. The summed E-state index contributed by atoms with van der Waals surface area (Å²) in [7, 11) is 0. The molecule has 2 rings (SSSR count). The number of hydrogen-bond donors (Lipinski definition) is 2. The number of thiophene rings is 1. The van der Waals surface area contributed by atoms with Gasteiger partial charge in [-0.3, -0.25) is 0 Å². The Morgan fingerprint density at radius 1 is 1.24 bits per heavy atom. The van der Waals surface area contributed by atoms with Crippen molar-refractivity contribution in [2.24, 2.45) is 0 Å². The number of halogens is 3. The molecule has 0 saturated heterocycles. The van der Waals surface area contributed by atoms with Gasteiger partial charge in [0.2, 0.25) is 5.95 Å². The summed E-state index contributed by atoms with van der Waals surface area (Å²) >= 11 is 0.929. The van der Waals surface area contributed by atoms with Crippen LogP contribution < -0.4 is 11.5 Å². The van der Waals surface area contributed by atoms with E-state index < -0.39 is 11.7 Å². The summed E-state index contributed by atoms with van der Waals surface area (Å²) in [6.07, 6.45) is -3.05. The van der Waals surface area contributed by atoms with Crippen LogP contribution in [0.25, 0.3) is 10.4 Å². The van der Waals surface area contributed by atoms with E-state index in [0.717, 1.165) is 22.8 Å². The zero-order chi connectivity index (χ0) is 12.6. The van der Waals surface area contributed by atoms with Gasteiger partial charge in [-0.2, -0.15) is 18.2 Å². The lowest BCUT2D eigenvalue weighted by atomic mass is 10.2. The van der Waals surface area contributed by atoms with Crippen molar-refractivity contribution in [2.75, 3.05) is 11.5 Å². The first-order valence-corrected chi connectivity index (χ1v) is 5.30. The van der Waals surface area contributed by atoms with Gasteiger partial charge in [-0.05, 0) is 6.07 Å². The Balaban J connectivity index is 2.44. The highest BCUT2D eigenvalue weighted by Gasteiger charge is 2.31. The third-order valence-corrected chi connectivity index (χ3v) is 2.99. The first-order chi connectivity index (χ1) is 7.88. The minimum atomic E-state index is -4.36. The van der Waals surface area contributed by atoms with Crippen LogP contribution in [0.2, 0.25) is 0 Å². The van der Waals surface area contributed by atoms with Crippen molar-refractivity contribution >= 4 is 23.1 Å². The highest BCUT2D eigenvalue weighted by molar-refractivity contribution is 7.13. The van der Waals surface area contributed by atoms with Gasteiger partial charge in [0.25, 0.3) is 0 Å². The Hall–Kier alpha value is -1.83. The molecule has 2 aromatic heterocycles. The Morgan fingerprint density at radius 2 is 1.94 bits per heavy atom. The highest BCUT2D eigenvalue weighted by atomic mass is 32.1. The van der Waals surface area contributed by atoms with E-state index in [1.54, 1.807) is 0 Å². The van der Waals surface area contributed by atoms with Crippen LogP contribution in [0, 0.1) is 0 Å². The van der Waals surface area contributed by atoms with E-state index in [0.29, 0.717) is 10.4 Å². The molecular formula is C9H7F3N4S. The molecule has 0 saturated carbocycles. The topological polar surface area (TPSA) is 77.8 Å². The predicted octanol–water partition coefficient (Wildman–Crippen LogP) is 2.39. The van der Waals surface area contributed by atoms with Gasteiger partial charge in [-0.15, -0.1) is 11.3 Å². The Bertz CT molecular complexity index is 549. The molecule has 17 heavy (non-hydrogen) atoms. The number of nitrogens with zero attached hydrogens (tertiary/aromatic N) is 2. The average molecular weight is 260 g/mol. The van der Waals surface area contributed by atoms with Gasteiger partial charge in [-0.25, -0.2) is 4.98 Å². The lowest BCUT2D eigenvalue weighted by molar-refractivity contribution is -0.137. The minimum absolute atomic E-state index is 0.0150. The molecule has 0 atom stereocenters. The van der Waals surface area contributed by atoms with Crippen LogP contribution in [0.4, 0.5) is 24.9 Å². The van der Waals surface area contributed by atoms with E-state index in [9.17, 15) is 13.2 Å². The summed E-state index contributed by atoms with van der Waals surface area (Å²) in [5.74, 6) is 0.0481. The SMILES string of the molecule is Nc1ncc(-c2cc(C(F)(F)F)cs2)c(N)n1. The van der Waals surface area contributed by atoms with Crippen LogP contribution in [0.1, 0.15) is 5.56 Å². The maximum absolute atomic E-state index is 12.4. The number of nitrogens with two attached hydrogens (primary N) is 2. The molecule has 8 heteroatoms. The fourth-order valence-electron chi connectivity index (χ4n) is 1.23. The molecule has 90 valence electrons. The lowest BCUT2D eigenvalue weighted by Gasteiger charge is -2.03. The lowest BCUT2D eigenvalue weighted by Crippen LogP contribution is -2.02. The van der Waals surface area contributed by atoms with Crippen molar-refractivity contribution in [1.29, 1.82) is 0 Å². The molecular weight excluding hydrogens is 253 g/mol. The Labute approximate surface area is 98.1 Å². The van der Waals surface area contributed by atoms with Crippen molar-refractivity contribution < 1.29 is 13.2 Å². The van der Waals surface area contributed by atoms with Crippen molar-refractivity contribution in [3.63, 3.8) is 0 Å². The van der Waals surface area contributed by atoms with E-state index in [2.05, 4.69) is 9.97 Å². The number of alkyl halides is 3. The fraction of sp³-hybridized carbons (Fsp3) is 0.111. The summed E-state index contributed by atoms with van der Waals surface area (Å²) in [5, 5.41) is 1.02. The highest BCUT2D eigenvalue weighted by Crippen LogP contribution is 2.37. The van der Waals surface area contributed by atoms with Crippen LogP contribution in [0.15, 0.2) is 17.6 Å². The summed E-state index contributed by atoms with van der Waals surface area (Å²) in [5.41, 5.74) is 10.5. The van der Waals surface area contributed by atoms with Gasteiger partial charge < -0.3 is 11.5 Å². The molecule has 4 nitrogen and oxygen atoms in total. The maximum Gasteiger partial charge on any atom is 0.417 e. The first kappa shape index (κ1) is 11.6. The molecule has 0 radical (unpaired) electrons. The monoisotopic (exact) mass is 260 g/mol.